The molecule has 0 aliphatic carbocycles. The van der Waals surface area contributed by atoms with Crippen LogP contribution >= 0.6 is 0 Å². The SMILES string of the molecule is C/C(=C\C=N)CCc1cc(N)c(C=N)cc1F. The van der Waals surface area contributed by atoms with Crippen LogP contribution in [-0.2, 0) is 6.42 Å². The summed E-state index contributed by atoms with van der Waals surface area (Å²) in [6, 6.07) is 2.86. The van der Waals surface area contributed by atoms with E-state index in [0.29, 0.717) is 29.7 Å². The largest absolute Gasteiger partial charge is 0.398 e. The van der Waals surface area contributed by atoms with Crippen LogP contribution < -0.4 is 5.73 Å². The van der Waals surface area contributed by atoms with Gasteiger partial charge < -0.3 is 16.6 Å². The van der Waals surface area contributed by atoms with Gasteiger partial charge in [0.2, 0.25) is 0 Å². The third kappa shape index (κ3) is 3.52. The van der Waals surface area contributed by atoms with Crippen molar-refractivity contribution in [2.24, 2.45) is 0 Å². The number of hydrogen-bond donors (Lipinski definition) is 3. The molecular formula is C13H16FN3. The molecule has 0 aliphatic heterocycles. The summed E-state index contributed by atoms with van der Waals surface area (Å²) >= 11 is 0. The zero-order valence-electron chi connectivity index (χ0n) is 9.76. The van der Waals surface area contributed by atoms with Crippen molar-refractivity contribution in [1.29, 1.82) is 10.8 Å². The molecule has 0 bridgehead atoms. The highest BCUT2D eigenvalue weighted by molar-refractivity contribution is 5.85. The van der Waals surface area contributed by atoms with Crippen LogP contribution in [0.1, 0.15) is 24.5 Å². The van der Waals surface area contributed by atoms with E-state index in [1.54, 1.807) is 12.1 Å². The molecule has 90 valence electrons. The van der Waals surface area contributed by atoms with E-state index in [0.717, 1.165) is 11.8 Å². The topological polar surface area (TPSA) is 73.7 Å². The maximum absolute atomic E-state index is 13.6. The maximum Gasteiger partial charge on any atom is 0.127 e. The number of nitrogens with one attached hydrogen (secondary N) is 2. The summed E-state index contributed by atoms with van der Waals surface area (Å²) in [7, 11) is 0. The van der Waals surface area contributed by atoms with Crippen molar-refractivity contribution in [1.82, 2.24) is 0 Å². The van der Waals surface area contributed by atoms with E-state index < -0.39 is 0 Å². The number of halogens is 1. The van der Waals surface area contributed by atoms with E-state index in [1.165, 1.54) is 12.3 Å². The first-order valence-corrected chi connectivity index (χ1v) is 5.33. The quantitative estimate of drug-likeness (QED) is 0.531. The second-order valence-corrected chi connectivity index (χ2v) is 3.90. The minimum Gasteiger partial charge on any atom is -0.398 e. The smallest absolute Gasteiger partial charge is 0.127 e. The van der Waals surface area contributed by atoms with Crippen LogP contribution in [0.5, 0.6) is 0 Å². The molecule has 0 saturated heterocycles. The van der Waals surface area contributed by atoms with Gasteiger partial charge in [-0.15, -0.1) is 0 Å². The average Bonchev–Trinajstić information content (AvgIpc) is 2.30. The Hall–Kier alpha value is -1.97. The number of anilines is 1. The lowest BCUT2D eigenvalue weighted by Crippen LogP contribution is -1.99. The van der Waals surface area contributed by atoms with Crippen LogP contribution in [0.2, 0.25) is 0 Å². The standard InChI is InChI=1S/C13H16FN3/c1-9(4-5-15)2-3-10-7-13(17)11(8-16)6-12(10)14/h4-8,15-16H,2-3,17H2,1H3/b9-4+,15-5?,16-8?. The van der Waals surface area contributed by atoms with Gasteiger partial charge in [-0.1, -0.05) is 5.57 Å². The number of aryl methyl sites for hydroxylation is 1. The van der Waals surface area contributed by atoms with Crippen LogP contribution in [0.4, 0.5) is 10.1 Å². The summed E-state index contributed by atoms with van der Waals surface area (Å²) in [6.45, 7) is 1.90. The lowest BCUT2D eigenvalue weighted by atomic mass is 10.0. The summed E-state index contributed by atoms with van der Waals surface area (Å²) in [4.78, 5) is 0. The first-order chi connectivity index (χ1) is 8.08. The molecule has 3 nitrogen and oxygen atoms in total. The van der Waals surface area contributed by atoms with Gasteiger partial charge in [0.1, 0.15) is 5.82 Å². The zero-order valence-corrected chi connectivity index (χ0v) is 9.76. The predicted octanol–water partition coefficient (Wildman–Crippen LogP) is 2.93. The number of benzene rings is 1. The van der Waals surface area contributed by atoms with Crippen molar-refractivity contribution in [2.45, 2.75) is 19.8 Å². The van der Waals surface area contributed by atoms with Gasteiger partial charge in [-0.2, -0.15) is 0 Å². The van der Waals surface area contributed by atoms with Crippen molar-refractivity contribution in [3.05, 3.63) is 40.7 Å². The monoisotopic (exact) mass is 233 g/mol. The van der Waals surface area contributed by atoms with Crippen molar-refractivity contribution < 1.29 is 4.39 Å². The Bertz CT molecular complexity index is 464. The lowest BCUT2D eigenvalue weighted by Gasteiger charge is -2.07. The zero-order chi connectivity index (χ0) is 12.8. The minimum absolute atomic E-state index is 0.333. The molecule has 4 heteroatoms. The summed E-state index contributed by atoms with van der Waals surface area (Å²) in [5, 5.41) is 14.0. The highest BCUT2D eigenvalue weighted by atomic mass is 19.1. The van der Waals surface area contributed by atoms with Crippen LogP contribution in [0, 0.1) is 16.6 Å². The molecule has 1 aromatic carbocycles. The van der Waals surface area contributed by atoms with Crippen molar-refractivity contribution in [3.8, 4) is 0 Å². The van der Waals surface area contributed by atoms with Gasteiger partial charge >= 0.3 is 0 Å². The number of hydrogen-bond acceptors (Lipinski definition) is 3. The lowest BCUT2D eigenvalue weighted by molar-refractivity contribution is 0.608. The highest BCUT2D eigenvalue weighted by Crippen LogP contribution is 2.19. The van der Waals surface area contributed by atoms with Gasteiger partial charge in [0.15, 0.2) is 0 Å². The number of nitrogens with two attached hydrogens (primary N) is 1. The molecule has 0 spiro atoms. The Labute approximate surface area is 100 Å². The summed E-state index contributed by atoms with van der Waals surface area (Å²) in [5.74, 6) is -0.333. The molecule has 0 saturated carbocycles. The van der Waals surface area contributed by atoms with Gasteiger partial charge in [-0.05, 0) is 43.5 Å². The van der Waals surface area contributed by atoms with Gasteiger partial charge in [0, 0.05) is 23.7 Å². The Morgan fingerprint density at radius 3 is 2.71 bits per heavy atom. The fourth-order valence-corrected chi connectivity index (χ4v) is 1.53. The van der Waals surface area contributed by atoms with Gasteiger partial charge in [-0.3, -0.25) is 0 Å². The van der Waals surface area contributed by atoms with Gasteiger partial charge in [0.05, 0.1) is 0 Å². The minimum atomic E-state index is -0.333. The molecule has 0 heterocycles. The van der Waals surface area contributed by atoms with Crippen LogP contribution in [0.3, 0.4) is 0 Å². The number of allylic oxidation sites excluding steroid dienone is 2. The summed E-state index contributed by atoms with van der Waals surface area (Å²) < 4.78 is 13.6. The Morgan fingerprint density at radius 1 is 1.41 bits per heavy atom. The highest BCUT2D eigenvalue weighted by Gasteiger charge is 2.06. The molecule has 17 heavy (non-hydrogen) atoms. The van der Waals surface area contributed by atoms with E-state index in [-0.39, 0.29) is 5.82 Å². The predicted molar refractivity (Wildman–Crippen MR) is 69.6 cm³/mol. The molecule has 4 N–H and O–H groups in total. The summed E-state index contributed by atoms with van der Waals surface area (Å²) in [6.07, 6.45) is 5.19. The Kier molecular flexibility index (Phi) is 4.57. The molecule has 0 fully saturated rings. The van der Waals surface area contributed by atoms with Gasteiger partial charge in [0.25, 0.3) is 0 Å². The Morgan fingerprint density at radius 2 is 2.12 bits per heavy atom. The van der Waals surface area contributed by atoms with Crippen molar-refractivity contribution in [2.75, 3.05) is 5.73 Å². The van der Waals surface area contributed by atoms with E-state index in [4.69, 9.17) is 16.6 Å². The van der Waals surface area contributed by atoms with Crippen LogP contribution in [0.25, 0.3) is 0 Å². The maximum atomic E-state index is 13.6. The third-order valence-corrected chi connectivity index (χ3v) is 2.56. The molecule has 0 unspecified atom stereocenters. The second kappa shape index (κ2) is 5.94. The fourth-order valence-electron chi connectivity index (χ4n) is 1.53. The van der Waals surface area contributed by atoms with E-state index in [9.17, 15) is 4.39 Å². The van der Waals surface area contributed by atoms with Crippen molar-refractivity contribution in [3.63, 3.8) is 0 Å². The molecule has 0 amide bonds. The van der Waals surface area contributed by atoms with E-state index >= 15 is 0 Å². The Balaban J connectivity index is 2.85. The molecule has 0 aromatic heterocycles. The number of nitrogen functional groups attached to an aromatic ring is 1. The first-order valence-electron chi connectivity index (χ1n) is 5.33. The molecule has 0 atom stereocenters. The van der Waals surface area contributed by atoms with Crippen LogP contribution in [-0.4, -0.2) is 12.4 Å². The van der Waals surface area contributed by atoms with Crippen LogP contribution in [0.15, 0.2) is 23.8 Å². The molecular weight excluding hydrogens is 217 g/mol. The van der Waals surface area contributed by atoms with E-state index in [1.807, 2.05) is 6.92 Å². The molecule has 1 rings (SSSR count). The average molecular weight is 233 g/mol. The van der Waals surface area contributed by atoms with Crippen molar-refractivity contribution >= 4 is 18.1 Å². The normalized spacial score (nSPS) is 11.3. The summed E-state index contributed by atoms with van der Waals surface area (Å²) in [5.41, 5.74) is 8.09. The first kappa shape index (κ1) is 13.1. The van der Waals surface area contributed by atoms with E-state index in [2.05, 4.69) is 0 Å². The molecule has 1 aromatic rings. The second-order valence-electron chi connectivity index (χ2n) is 3.90. The van der Waals surface area contributed by atoms with Gasteiger partial charge in [-0.25, -0.2) is 4.39 Å². The molecule has 0 aliphatic rings. The third-order valence-electron chi connectivity index (χ3n) is 2.56. The molecule has 0 radical (unpaired) electrons. The number of rotatable bonds is 5. The fraction of sp³-hybridized carbons (Fsp3) is 0.231.